The molecule has 94 valence electrons. The smallest absolute Gasteiger partial charge is 0.324 e. The van der Waals surface area contributed by atoms with E-state index in [0.717, 1.165) is 16.5 Å². The number of carboxylic acids is 1. The van der Waals surface area contributed by atoms with Crippen LogP contribution >= 0.6 is 15.9 Å². The number of rotatable bonds is 3. The van der Waals surface area contributed by atoms with Crippen LogP contribution < -0.4 is 5.32 Å². The Hall–Kier alpha value is -1.31. The van der Waals surface area contributed by atoms with Crippen LogP contribution in [0.2, 0.25) is 0 Å². The molecule has 0 saturated carbocycles. The lowest BCUT2D eigenvalue weighted by molar-refractivity contribution is -0.145. The number of fused-ring (bicyclic) bond motifs is 1. The maximum atomic E-state index is 11.5. The number of hydrogen-bond acceptors (Lipinski definition) is 2. The van der Waals surface area contributed by atoms with Crippen molar-refractivity contribution in [3.05, 3.63) is 33.8 Å². The third kappa shape index (κ3) is 2.43. The SMILES string of the molecule is C#CCNC1(C(=O)O)CCc2cc(Br)ccc2C1. The molecule has 0 bridgehead atoms. The summed E-state index contributed by atoms with van der Waals surface area (Å²) in [6.07, 6.45) is 7.00. The van der Waals surface area contributed by atoms with Gasteiger partial charge in [-0.3, -0.25) is 10.1 Å². The van der Waals surface area contributed by atoms with Gasteiger partial charge < -0.3 is 5.11 Å². The Balaban J connectivity index is 2.30. The van der Waals surface area contributed by atoms with Crippen molar-refractivity contribution in [1.29, 1.82) is 0 Å². The van der Waals surface area contributed by atoms with Crippen LogP contribution in [0.1, 0.15) is 17.5 Å². The number of benzene rings is 1. The number of aliphatic carboxylic acids is 1. The number of hydrogen-bond donors (Lipinski definition) is 2. The van der Waals surface area contributed by atoms with Crippen LogP contribution in [0.15, 0.2) is 22.7 Å². The predicted octanol–water partition coefficient (Wildman–Crippen LogP) is 1.98. The van der Waals surface area contributed by atoms with Crippen LogP contribution in [-0.2, 0) is 17.6 Å². The summed E-state index contributed by atoms with van der Waals surface area (Å²) < 4.78 is 1.03. The summed E-state index contributed by atoms with van der Waals surface area (Å²) in [5.41, 5.74) is 1.37. The molecule has 2 N–H and O–H groups in total. The second-order valence-corrected chi connectivity index (χ2v) is 5.45. The molecule has 0 aliphatic heterocycles. The van der Waals surface area contributed by atoms with Gasteiger partial charge in [-0.1, -0.05) is 27.9 Å². The molecule has 0 spiro atoms. The van der Waals surface area contributed by atoms with Crippen molar-refractivity contribution in [3.8, 4) is 12.3 Å². The standard InChI is InChI=1S/C14H14BrNO2/c1-2-7-16-14(13(17)18)6-5-10-8-12(15)4-3-11(10)9-14/h1,3-4,8,16H,5-7,9H2,(H,17,18). The molecule has 3 nitrogen and oxygen atoms in total. The van der Waals surface area contributed by atoms with Crippen LogP contribution in [0.25, 0.3) is 0 Å². The molecule has 1 atom stereocenters. The first-order chi connectivity index (χ1) is 8.57. The molecule has 4 heteroatoms. The highest BCUT2D eigenvalue weighted by molar-refractivity contribution is 9.10. The fourth-order valence-corrected chi connectivity index (χ4v) is 2.80. The first-order valence-electron chi connectivity index (χ1n) is 5.76. The van der Waals surface area contributed by atoms with E-state index >= 15 is 0 Å². The van der Waals surface area contributed by atoms with Crippen molar-refractivity contribution in [3.63, 3.8) is 0 Å². The lowest BCUT2D eigenvalue weighted by Gasteiger charge is -2.35. The van der Waals surface area contributed by atoms with E-state index in [2.05, 4.69) is 33.2 Å². The van der Waals surface area contributed by atoms with Gasteiger partial charge in [-0.2, -0.15) is 0 Å². The number of terminal acetylenes is 1. The lowest BCUT2D eigenvalue weighted by Crippen LogP contribution is -2.55. The molecule has 1 unspecified atom stereocenters. The summed E-state index contributed by atoms with van der Waals surface area (Å²) in [6, 6.07) is 5.98. The average Bonchev–Trinajstić information content (AvgIpc) is 2.36. The highest BCUT2D eigenvalue weighted by atomic mass is 79.9. The first kappa shape index (κ1) is 13.1. The largest absolute Gasteiger partial charge is 0.480 e. The molecule has 18 heavy (non-hydrogen) atoms. The molecule has 2 rings (SSSR count). The summed E-state index contributed by atoms with van der Waals surface area (Å²) in [6.45, 7) is 0.276. The van der Waals surface area contributed by atoms with Gasteiger partial charge in [0.05, 0.1) is 6.54 Å². The van der Waals surface area contributed by atoms with Crippen LogP contribution in [0, 0.1) is 12.3 Å². The Kier molecular flexibility index (Phi) is 3.74. The van der Waals surface area contributed by atoms with E-state index < -0.39 is 11.5 Å². The quantitative estimate of drug-likeness (QED) is 0.840. The second kappa shape index (κ2) is 5.13. The molecule has 0 radical (unpaired) electrons. The van der Waals surface area contributed by atoms with Crippen molar-refractivity contribution in [2.45, 2.75) is 24.8 Å². The van der Waals surface area contributed by atoms with Crippen molar-refractivity contribution in [2.75, 3.05) is 6.54 Å². The van der Waals surface area contributed by atoms with Gasteiger partial charge in [0.15, 0.2) is 0 Å². The average molecular weight is 308 g/mol. The highest BCUT2D eigenvalue weighted by Gasteiger charge is 2.40. The number of nitrogens with one attached hydrogen (secondary N) is 1. The molecular weight excluding hydrogens is 294 g/mol. The van der Waals surface area contributed by atoms with E-state index in [0.29, 0.717) is 12.8 Å². The Bertz CT molecular complexity index is 521. The van der Waals surface area contributed by atoms with E-state index in [-0.39, 0.29) is 6.54 Å². The maximum Gasteiger partial charge on any atom is 0.324 e. The third-order valence-electron chi connectivity index (χ3n) is 3.42. The number of halogens is 1. The summed E-state index contributed by atoms with van der Waals surface area (Å²) in [4.78, 5) is 11.5. The monoisotopic (exact) mass is 307 g/mol. The zero-order valence-electron chi connectivity index (χ0n) is 9.87. The minimum atomic E-state index is -0.923. The van der Waals surface area contributed by atoms with Crippen molar-refractivity contribution in [1.82, 2.24) is 5.32 Å². The van der Waals surface area contributed by atoms with Gasteiger partial charge in [0, 0.05) is 10.9 Å². The first-order valence-corrected chi connectivity index (χ1v) is 6.56. The molecule has 0 aromatic heterocycles. The van der Waals surface area contributed by atoms with Crippen molar-refractivity contribution in [2.24, 2.45) is 0 Å². The molecule has 0 fully saturated rings. The predicted molar refractivity (Wildman–Crippen MR) is 73.4 cm³/mol. The Morgan fingerprint density at radius 3 is 3.00 bits per heavy atom. The Labute approximate surface area is 115 Å². The van der Waals surface area contributed by atoms with Gasteiger partial charge in [0.2, 0.25) is 0 Å². The lowest BCUT2D eigenvalue weighted by atomic mass is 9.78. The second-order valence-electron chi connectivity index (χ2n) is 4.53. The maximum absolute atomic E-state index is 11.5. The van der Waals surface area contributed by atoms with Gasteiger partial charge in [0.25, 0.3) is 0 Å². The molecule has 1 aromatic carbocycles. The van der Waals surface area contributed by atoms with Crippen LogP contribution in [0.4, 0.5) is 0 Å². The fraction of sp³-hybridized carbons (Fsp3) is 0.357. The van der Waals surface area contributed by atoms with Crippen molar-refractivity contribution < 1.29 is 9.90 Å². The molecule has 0 saturated heterocycles. The third-order valence-corrected chi connectivity index (χ3v) is 3.91. The van der Waals surface area contributed by atoms with Gasteiger partial charge in [-0.05, 0) is 36.1 Å². The molecule has 0 amide bonds. The van der Waals surface area contributed by atoms with Crippen LogP contribution in [0.3, 0.4) is 0 Å². The van der Waals surface area contributed by atoms with Crippen molar-refractivity contribution >= 4 is 21.9 Å². The normalized spacial score (nSPS) is 22.0. The Morgan fingerprint density at radius 2 is 2.33 bits per heavy atom. The molecule has 1 aliphatic rings. The highest BCUT2D eigenvalue weighted by Crippen LogP contribution is 2.30. The van der Waals surface area contributed by atoms with Gasteiger partial charge >= 0.3 is 5.97 Å². The van der Waals surface area contributed by atoms with E-state index in [1.54, 1.807) is 0 Å². The van der Waals surface area contributed by atoms with E-state index in [4.69, 9.17) is 6.42 Å². The zero-order valence-corrected chi connectivity index (χ0v) is 11.5. The summed E-state index contributed by atoms with van der Waals surface area (Å²) in [5, 5.41) is 12.4. The Morgan fingerprint density at radius 1 is 1.56 bits per heavy atom. The molecule has 1 aromatic rings. The van der Waals surface area contributed by atoms with E-state index in [9.17, 15) is 9.90 Å². The number of carbonyl (C=O) groups is 1. The molecular formula is C14H14BrNO2. The van der Waals surface area contributed by atoms with Crippen LogP contribution in [-0.4, -0.2) is 23.2 Å². The topological polar surface area (TPSA) is 49.3 Å². The molecule has 0 heterocycles. The van der Waals surface area contributed by atoms with Gasteiger partial charge in [0.1, 0.15) is 5.54 Å². The zero-order chi connectivity index (χ0) is 13.2. The fourth-order valence-electron chi connectivity index (χ4n) is 2.39. The minimum Gasteiger partial charge on any atom is -0.480 e. The summed E-state index contributed by atoms with van der Waals surface area (Å²) in [5.74, 6) is 1.62. The van der Waals surface area contributed by atoms with Crippen LogP contribution in [0.5, 0.6) is 0 Å². The van der Waals surface area contributed by atoms with Gasteiger partial charge in [-0.15, -0.1) is 6.42 Å². The summed E-state index contributed by atoms with van der Waals surface area (Å²) in [7, 11) is 0. The van der Waals surface area contributed by atoms with E-state index in [1.807, 2.05) is 12.1 Å². The summed E-state index contributed by atoms with van der Waals surface area (Å²) >= 11 is 3.43. The van der Waals surface area contributed by atoms with E-state index in [1.165, 1.54) is 5.56 Å². The number of carboxylic acid groups (broad SMARTS) is 1. The number of aryl methyl sites for hydroxylation is 1. The van der Waals surface area contributed by atoms with Gasteiger partial charge in [-0.25, -0.2) is 0 Å². The molecule has 1 aliphatic carbocycles. The minimum absolute atomic E-state index is 0.276.